The van der Waals surface area contributed by atoms with Crippen molar-refractivity contribution in [3.05, 3.63) is 54.0 Å². The van der Waals surface area contributed by atoms with Crippen LogP contribution in [0.4, 0.5) is 5.82 Å². The molecule has 4 heterocycles. The number of halogens is 1. The van der Waals surface area contributed by atoms with Crippen molar-refractivity contribution in [1.82, 2.24) is 20.2 Å². The second kappa shape index (κ2) is 8.61. The fourth-order valence-corrected chi connectivity index (χ4v) is 3.72. The van der Waals surface area contributed by atoms with Gasteiger partial charge in [-0.3, -0.25) is 9.88 Å². The number of rotatable bonds is 4. The minimum absolute atomic E-state index is 0. The number of anilines is 1. The van der Waals surface area contributed by atoms with Gasteiger partial charge in [0.2, 0.25) is 0 Å². The SMILES string of the molecule is Cl.c1cncc(C2CNCCN2Cc2ccc(N3CCCC3)nc2)c1. The fraction of sp³-hybridized carbons (Fsp3) is 0.474. The lowest BCUT2D eigenvalue weighted by atomic mass is 10.0. The average Bonchev–Trinajstić information content (AvgIpc) is 3.18. The zero-order valence-corrected chi connectivity index (χ0v) is 15.3. The van der Waals surface area contributed by atoms with E-state index < -0.39 is 0 Å². The molecule has 2 fully saturated rings. The molecule has 2 saturated heterocycles. The van der Waals surface area contributed by atoms with Gasteiger partial charge in [0, 0.05) is 63.9 Å². The van der Waals surface area contributed by atoms with Crippen molar-refractivity contribution in [2.45, 2.75) is 25.4 Å². The Kier molecular flexibility index (Phi) is 6.24. The van der Waals surface area contributed by atoms with Crippen molar-refractivity contribution in [3.63, 3.8) is 0 Å². The van der Waals surface area contributed by atoms with Crippen LogP contribution in [-0.2, 0) is 6.54 Å². The molecule has 2 aromatic heterocycles. The van der Waals surface area contributed by atoms with Gasteiger partial charge in [-0.05, 0) is 36.1 Å². The summed E-state index contributed by atoms with van der Waals surface area (Å²) in [6.07, 6.45) is 8.45. The van der Waals surface area contributed by atoms with E-state index in [1.54, 1.807) is 0 Å². The van der Waals surface area contributed by atoms with E-state index in [1.807, 2.05) is 18.5 Å². The van der Waals surface area contributed by atoms with Crippen LogP contribution < -0.4 is 10.2 Å². The van der Waals surface area contributed by atoms with Gasteiger partial charge in [-0.2, -0.15) is 0 Å². The maximum Gasteiger partial charge on any atom is 0.128 e. The molecule has 0 aromatic carbocycles. The summed E-state index contributed by atoms with van der Waals surface area (Å²) in [5.41, 5.74) is 2.57. The molecule has 5 nitrogen and oxygen atoms in total. The van der Waals surface area contributed by atoms with Gasteiger partial charge in [0.1, 0.15) is 5.82 Å². The van der Waals surface area contributed by atoms with E-state index in [4.69, 9.17) is 4.98 Å². The standard InChI is InChI=1S/C19H25N5.ClH/c1-2-10-23(9-1)19-6-5-16(12-22-19)15-24-11-8-21-14-18(24)17-4-3-7-20-13-17;/h3-7,12-13,18,21H,1-2,8-11,14-15H2;1H. The Labute approximate surface area is 155 Å². The van der Waals surface area contributed by atoms with Crippen LogP contribution >= 0.6 is 12.4 Å². The Bertz CT molecular complexity index is 643. The van der Waals surface area contributed by atoms with Gasteiger partial charge in [0.05, 0.1) is 0 Å². The highest BCUT2D eigenvalue weighted by atomic mass is 35.5. The quantitative estimate of drug-likeness (QED) is 0.909. The summed E-state index contributed by atoms with van der Waals surface area (Å²) in [4.78, 5) is 13.9. The first-order chi connectivity index (χ1) is 11.9. The van der Waals surface area contributed by atoms with Crippen molar-refractivity contribution >= 4 is 18.2 Å². The highest BCUT2D eigenvalue weighted by molar-refractivity contribution is 5.85. The van der Waals surface area contributed by atoms with Crippen LogP contribution in [0.3, 0.4) is 0 Å². The molecule has 1 unspecified atom stereocenters. The molecule has 4 rings (SSSR count). The predicted molar refractivity (Wildman–Crippen MR) is 103 cm³/mol. The molecule has 0 spiro atoms. The lowest BCUT2D eigenvalue weighted by molar-refractivity contribution is 0.153. The highest BCUT2D eigenvalue weighted by Gasteiger charge is 2.24. The van der Waals surface area contributed by atoms with Gasteiger partial charge < -0.3 is 10.2 Å². The lowest BCUT2D eigenvalue weighted by Crippen LogP contribution is -2.45. The molecule has 6 heteroatoms. The van der Waals surface area contributed by atoms with Gasteiger partial charge in [0.25, 0.3) is 0 Å². The van der Waals surface area contributed by atoms with Gasteiger partial charge in [-0.1, -0.05) is 12.1 Å². The molecule has 0 bridgehead atoms. The van der Waals surface area contributed by atoms with Crippen LogP contribution in [0.5, 0.6) is 0 Å². The predicted octanol–water partition coefficient (Wildman–Crippen LogP) is 2.65. The first kappa shape index (κ1) is 18.1. The molecule has 25 heavy (non-hydrogen) atoms. The number of nitrogens with zero attached hydrogens (tertiary/aromatic N) is 4. The summed E-state index contributed by atoms with van der Waals surface area (Å²) in [7, 11) is 0. The fourth-order valence-electron chi connectivity index (χ4n) is 3.72. The summed E-state index contributed by atoms with van der Waals surface area (Å²) in [5, 5.41) is 3.50. The van der Waals surface area contributed by atoms with Crippen molar-refractivity contribution in [3.8, 4) is 0 Å². The monoisotopic (exact) mass is 359 g/mol. The van der Waals surface area contributed by atoms with Gasteiger partial charge in [-0.25, -0.2) is 4.98 Å². The smallest absolute Gasteiger partial charge is 0.128 e. The molecule has 0 amide bonds. The summed E-state index contributed by atoms with van der Waals surface area (Å²) in [5.74, 6) is 1.13. The van der Waals surface area contributed by atoms with E-state index in [-0.39, 0.29) is 12.4 Å². The first-order valence-corrected chi connectivity index (χ1v) is 8.95. The third-order valence-electron chi connectivity index (χ3n) is 5.05. The van der Waals surface area contributed by atoms with E-state index in [9.17, 15) is 0 Å². The molecule has 2 aromatic rings. The molecule has 0 saturated carbocycles. The minimum atomic E-state index is 0. The van der Waals surface area contributed by atoms with Crippen LogP contribution in [0.1, 0.15) is 30.0 Å². The maximum absolute atomic E-state index is 4.70. The topological polar surface area (TPSA) is 44.3 Å². The normalized spacial score (nSPS) is 21.1. The van der Waals surface area contributed by atoms with E-state index in [2.05, 4.69) is 44.5 Å². The molecule has 0 aliphatic carbocycles. The van der Waals surface area contributed by atoms with Gasteiger partial charge in [0.15, 0.2) is 0 Å². The number of nitrogens with one attached hydrogen (secondary N) is 1. The van der Waals surface area contributed by atoms with Crippen LogP contribution in [-0.4, -0.2) is 47.6 Å². The van der Waals surface area contributed by atoms with Crippen molar-refractivity contribution in [2.75, 3.05) is 37.6 Å². The van der Waals surface area contributed by atoms with Crippen molar-refractivity contribution < 1.29 is 0 Å². The van der Waals surface area contributed by atoms with E-state index >= 15 is 0 Å². The largest absolute Gasteiger partial charge is 0.357 e. The molecule has 0 radical (unpaired) electrons. The lowest BCUT2D eigenvalue weighted by Gasteiger charge is -2.36. The number of hydrogen-bond donors (Lipinski definition) is 1. The summed E-state index contributed by atoms with van der Waals surface area (Å²) in [6, 6.07) is 9.00. The summed E-state index contributed by atoms with van der Waals surface area (Å²) >= 11 is 0. The van der Waals surface area contributed by atoms with Crippen LogP contribution in [0.15, 0.2) is 42.9 Å². The zero-order chi connectivity index (χ0) is 16.2. The first-order valence-electron chi connectivity index (χ1n) is 8.95. The molecule has 2 aliphatic heterocycles. The van der Waals surface area contributed by atoms with Crippen LogP contribution in [0, 0.1) is 0 Å². The third-order valence-corrected chi connectivity index (χ3v) is 5.05. The zero-order valence-electron chi connectivity index (χ0n) is 14.5. The summed E-state index contributed by atoms with van der Waals surface area (Å²) < 4.78 is 0. The molecular formula is C19H26ClN5. The second-order valence-corrected chi connectivity index (χ2v) is 6.70. The number of pyridine rings is 2. The Morgan fingerprint density at radius 2 is 1.96 bits per heavy atom. The Balaban J connectivity index is 0.00000182. The van der Waals surface area contributed by atoms with Crippen LogP contribution in [0.2, 0.25) is 0 Å². The van der Waals surface area contributed by atoms with E-state index in [0.717, 1.165) is 45.1 Å². The van der Waals surface area contributed by atoms with Crippen molar-refractivity contribution in [2.24, 2.45) is 0 Å². The average molecular weight is 360 g/mol. The number of aromatic nitrogens is 2. The third kappa shape index (κ3) is 4.29. The van der Waals surface area contributed by atoms with Gasteiger partial charge >= 0.3 is 0 Å². The Morgan fingerprint density at radius 1 is 1.08 bits per heavy atom. The molecule has 1 atom stereocenters. The summed E-state index contributed by atoms with van der Waals surface area (Å²) in [6.45, 7) is 6.30. The molecular weight excluding hydrogens is 334 g/mol. The highest BCUT2D eigenvalue weighted by Crippen LogP contribution is 2.24. The van der Waals surface area contributed by atoms with Crippen LogP contribution in [0.25, 0.3) is 0 Å². The number of hydrogen-bond acceptors (Lipinski definition) is 5. The Hall–Kier alpha value is -1.69. The van der Waals surface area contributed by atoms with Gasteiger partial charge in [-0.15, -0.1) is 12.4 Å². The Morgan fingerprint density at radius 3 is 2.68 bits per heavy atom. The minimum Gasteiger partial charge on any atom is -0.357 e. The van der Waals surface area contributed by atoms with Crippen molar-refractivity contribution in [1.29, 1.82) is 0 Å². The molecule has 2 aliphatic rings. The van der Waals surface area contributed by atoms with E-state index in [0.29, 0.717) is 6.04 Å². The molecule has 134 valence electrons. The number of piperazine rings is 1. The second-order valence-electron chi connectivity index (χ2n) is 6.70. The molecule has 1 N–H and O–H groups in total. The van der Waals surface area contributed by atoms with E-state index in [1.165, 1.54) is 24.0 Å². The maximum atomic E-state index is 4.70.